The van der Waals surface area contributed by atoms with Crippen molar-refractivity contribution in [2.75, 3.05) is 32.9 Å². The number of anilines is 1. The Hall–Kier alpha value is -1.07. The minimum atomic E-state index is -0.0355. The van der Waals surface area contributed by atoms with Crippen molar-refractivity contribution in [3.05, 3.63) is 15.8 Å². The molecule has 3 N–H and O–H groups in total. The lowest BCUT2D eigenvalue weighted by Crippen LogP contribution is -2.39. The van der Waals surface area contributed by atoms with Gasteiger partial charge in [0.1, 0.15) is 0 Å². The van der Waals surface area contributed by atoms with Gasteiger partial charge in [-0.3, -0.25) is 4.79 Å². The minimum absolute atomic E-state index is 0.0355. The second-order valence-electron chi connectivity index (χ2n) is 5.71. The third-order valence-electron chi connectivity index (χ3n) is 2.65. The van der Waals surface area contributed by atoms with Crippen LogP contribution in [0.3, 0.4) is 0 Å². The zero-order valence-corrected chi connectivity index (χ0v) is 12.6. The van der Waals surface area contributed by atoms with Crippen molar-refractivity contribution in [3.8, 4) is 0 Å². The summed E-state index contributed by atoms with van der Waals surface area (Å²) in [6.45, 7) is 7.79. The summed E-state index contributed by atoms with van der Waals surface area (Å²) in [4.78, 5) is 15.8. The number of hydrogen-bond acceptors (Lipinski definition) is 4. The molecule has 0 aromatic carbocycles. The normalized spacial score (nSPS) is 11.9. The van der Waals surface area contributed by atoms with Crippen LogP contribution >= 0.6 is 11.3 Å². The van der Waals surface area contributed by atoms with E-state index in [0.717, 1.165) is 11.4 Å². The number of nitrogens with two attached hydrogens (primary N) is 1. The largest absolute Gasteiger partial charge is 0.398 e. The topological polar surface area (TPSA) is 58.4 Å². The molecule has 0 saturated carbocycles. The lowest BCUT2D eigenvalue weighted by Gasteiger charge is -2.28. The number of rotatable bonds is 5. The zero-order valence-electron chi connectivity index (χ0n) is 11.8. The first-order chi connectivity index (χ1) is 8.21. The fraction of sp³-hybridized carbons (Fsp3) is 0.615. The Morgan fingerprint density at radius 2 is 2.11 bits per heavy atom. The molecule has 1 amide bonds. The first kappa shape index (κ1) is 15.0. The molecule has 1 rings (SSSR count). The summed E-state index contributed by atoms with van der Waals surface area (Å²) in [6.07, 6.45) is 0. The number of aryl methyl sites for hydroxylation is 1. The van der Waals surface area contributed by atoms with Crippen LogP contribution in [0.2, 0.25) is 0 Å². The second kappa shape index (κ2) is 5.71. The number of carbonyl (C=O) groups excluding carboxylic acids is 1. The van der Waals surface area contributed by atoms with Crippen molar-refractivity contribution in [3.63, 3.8) is 0 Å². The molecule has 0 fully saturated rings. The molecular weight excluding hydrogens is 246 g/mol. The average Bonchev–Trinajstić information content (AvgIpc) is 2.54. The Morgan fingerprint density at radius 1 is 1.50 bits per heavy atom. The fourth-order valence-corrected chi connectivity index (χ4v) is 2.78. The maximum absolute atomic E-state index is 12.0. The molecule has 0 aliphatic carbocycles. The molecule has 102 valence electrons. The summed E-state index contributed by atoms with van der Waals surface area (Å²) in [6, 6.07) is 1.74. The van der Waals surface area contributed by atoms with Crippen molar-refractivity contribution in [2.24, 2.45) is 5.41 Å². The van der Waals surface area contributed by atoms with Crippen molar-refractivity contribution in [1.82, 2.24) is 10.2 Å². The molecule has 5 heteroatoms. The summed E-state index contributed by atoms with van der Waals surface area (Å²) in [5.41, 5.74) is 6.49. The number of amides is 1. The van der Waals surface area contributed by atoms with Gasteiger partial charge in [-0.05, 0) is 32.5 Å². The fourth-order valence-electron chi connectivity index (χ4n) is 1.93. The Balaban J connectivity index is 2.56. The van der Waals surface area contributed by atoms with E-state index >= 15 is 0 Å². The van der Waals surface area contributed by atoms with Crippen LogP contribution in [0.4, 0.5) is 5.69 Å². The van der Waals surface area contributed by atoms with E-state index in [2.05, 4.69) is 24.1 Å². The van der Waals surface area contributed by atoms with Crippen molar-refractivity contribution < 1.29 is 4.79 Å². The third-order valence-corrected chi connectivity index (χ3v) is 3.72. The van der Waals surface area contributed by atoms with E-state index in [-0.39, 0.29) is 11.3 Å². The van der Waals surface area contributed by atoms with E-state index in [1.807, 2.05) is 21.0 Å². The van der Waals surface area contributed by atoms with Crippen LogP contribution in [0.5, 0.6) is 0 Å². The second-order valence-corrected chi connectivity index (χ2v) is 6.96. The van der Waals surface area contributed by atoms with Crippen molar-refractivity contribution in [1.29, 1.82) is 0 Å². The molecule has 0 bridgehead atoms. The van der Waals surface area contributed by atoms with E-state index in [0.29, 0.717) is 17.1 Å². The van der Waals surface area contributed by atoms with Gasteiger partial charge in [0.25, 0.3) is 5.91 Å². The van der Waals surface area contributed by atoms with E-state index < -0.39 is 0 Å². The van der Waals surface area contributed by atoms with Gasteiger partial charge in [0.05, 0.1) is 4.88 Å². The lowest BCUT2D eigenvalue weighted by atomic mass is 9.93. The number of thiophene rings is 1. The van der Waals surface area contributed by atoms with Gasteiger partial charge < -0.3 is 16.0 Å². The third kappa shape index (κ3) is 4.31. The van der Waals surface area contributed by atoms with Gasteiger partial charge in [-0.2, -0.15) is 0 Å². The SMILES string of the molecule is Cc1sc(C(=O)NCC(C)(C)CN(C)C)cc1N. The van der Waals surface area contributed by atoms with Crippen LogP contribution in [0.15, 0.2) is 6.07 Å². The van der Waals surface area contributed by atoms with E-state index in [9.17, 15) is 4.79 Å². The summed E-state index contributed by atoms with van der Waals surface area (Å²) >= 11 is 1.44. The molecule has 0 aliphatic rings. The zero-order chi connectivity index (χ0) is 13.9. The summed E-state index contributed by atoms with van der Waals surface area (Å²) in [5.74, 6) is -0.0355. The number of hydrogen-bond donors (Lipinski definition) is 2. The highest BCUT2D eigenvalue weighted by atomic mass is 32.1. The van der Waals surface area contributed by atoms with E-state index in [1.165, 1.54) is 11.3 Å². The van der Waals surface area contributed by atoms with Crippen LogP contribution in [0, 0.1) is 12.3 Å². The van der Waals surface area contributed by atoms with Gasteiger partial charge >= 0.3 is 0 Å². The molecule has 1 aromatic rings. The van der Waals surface area contributed by atoms with Crippen molar-refractivity contribution >= 4 is 22.9 Å². The van der Waals surface area contributed by atoms with Crippen LogP contribution in [-0.2, 0) is 0 Å². The molecule has 1 aromatic heterocycles. The molecule has 0 saturated heterocycles. The Bertz CT molecular complexity index is 404. The molecule has 0 unspecified atom stereocenters. The van der Waals surface area contributed by atoms with Crippen LogP contribution < -0.4 is 11.1 Å². The van der Waals surface area contributed by atoms with Gasteiger partial charge in [0.15, 0.2) is 0 Å². The van der Waals surface area contributed by atoms with E-state index in [1.54, 1.807) is 6.07 Å². The first-order valence-electron chi connectivity index (χ1n) is 6.00. The van der Waals surface area contributed by atoms with Gasteiger partial charge in [-0.1, -0.05) is 13.8 Å². The quantitative estimate of drug-likeness (QED) is 0.859. The number of carbonyl (C=O) groups is 1. The van der Waals surface area contributed by atoms with Gasteiger partial charge in [0.2, 0.25) is 0 Å². The summed E-state index contributed by atoms with van der Waals surface area (Å²) < 4.78 is 0. The molecule has 18 heavy (non-hydrogen) atoms. The first-order valence-corrected chi connectivity index (χ1v) is 6.82. The monoisotopic (exact) mass is 269 g/mol. The molecule has 0 spiro atoms. The van der Waals surface area contributed by atoms with Crippen LogP contribution in [0.25, 0.3) is 0 Å². The van der Waals surface area contributed by atoms with E-state index in [4.69, 9.17) is 5.73 Å². The molecule has 0 radical (unpaired) electrons. The minimum Gasteiger partial charge on any atom is -0.398 e. The lowest BCUT2D eigenvalue weighted by molar-refractivity contribution is 0.0933. The Kier molecular flexibility index (Phi) is 4.76. The number of nitrogens with one attached hydrogen (secondary N) is 1. The number of nitrogens with zero attached hydrogens (tertiary/aromatic N) is 1. The summed E-state index contributed by atoms with van der Waals surface area (Å²) in [7, 11) is 4.07. The molecule has 0 atom stereocenters. The maximum Gasteiger partial charge on any atom is 0.261 e. The Labute approximate surface area is 113 Å². The standard InChI is InChI=1S/C13H23N3OS/c1-9-10(14)6-11(18-9)12(17)15-7-13(2,3)8-16(4)5/h6H,7-8,14H2,1-5H3,(H,15,17). The predicted octanol–water partition coefficient (Wildman–Crippen LogP) is 1.96. The van der Waals surface area contributed by atoms with Crippen molar-refractivity contribution in [2.45, 2.75) is 20.8 Å². The predicted molar refractivity (Wildman–Crippen MR) is 78.1 cm³/mol. The van der Waals surface area contributed by atoms with Crippen LogP contribution in [-0.4, -0.2) is 38.0 Å². The highest BCUT2D eigenvalue weighted by Crippen LogP contribution is 2.23. The molecular formula is C13H23N3OS. The summed E-state index contributed by atoms with van der Waals surface area (Å²) in [5, 5.41) is 2.97. The Morgan fingerprint density at radius 3 is 2.56 bits per heavy atom. The van der Waals surface area contributed by atoms with Crippen LogP contribution in [0.1, 0.15) is 28.4 Å². The smallest absolute Gasteiger partial charge is 0.261 e. The average molecular weight is 269 g/mol. The maximum atomic E-state index is 12.0. The van der Waals surface area contributed by atoms with Gasteiger partial charge in [0, 0.05) is 23.7 Å². The molecule has 0 aliphatic heterocycles. The molecule has 1 heterocycles. The van der Waals surface area contributed by atoms with Gasteiger partial charge in [-0.15, -0.1) is 11.3 Å². The highest BCUT2D eigenvalue weighted by molar-refractivity contribution is 7.14. The number of nitrogen functional groups attached to an aromatic ring is 1. The molecule has 4 nitrogen and oxygen atoms in total. The van der Waals surface area contributed by atoms with Gasteiger partial charge in [-0.25, -0.2) is 0 Å². The highest BCUT2D eigenvalue weighted by Gasteiger charge is 2.20.